The van der Waals surface area contributed by atoms with E-state index in [2.05, 4.69) is 29.7 Å². The summed E-state index contributed by atoms with van der Waals surface area (Å²) < 4.78 is 0. The van der Waals surface area contributed by atoms with Crippen LogP contribution in [0.1, 0.15) is 26.7 Å². The summed E-state index contributed by atoms with van der Waals surface area (Å²) in [6, 6.07) is 1.11. The molecule has 0 aromatic carbocycles. The SMILES string of the molecule is CCC1C=NNC1CC(C)NC. The molecule has 2 N–H and O–H groups in total. The van der Waals surface area contributed by atoms with Gasteiger partial charge in [-0.2, -0.15) is 5.10 Å². The number of hydrazone groups is 1. The van der Waals surface area contributed by atoms with Crippen LogP contribution in [0.3, 0.4) is 0 Å². The summed E-state index contributed by atoms with van der Waals surface area (Å²) in [5.41, 5.74) is 3.15. The summed E-state index contributed by atoms with van der Waals surface area (Å²) in [6.07, 6.45) is 4.36. The van der Waals surface area contributed by atoms with Crippen LogP contribution in [0.5, 0.6) is 0 Å². The van der Waals surface area contributed by atoms with Gasteiger partial charge in [0.1, 0.15) is 0 Å². The quantitative estimate of drug-likeness (QED) is 0.658. The molecule has 1 rings (SSSR count). The average Bonchev–Trinajstić information content (AvgIpc) is 2.51. The van der Waals surface area contributed by atoms with Gasteiger partial charge >= 0.3 is 0 Å². The molecule has 70 valence electrons. The van der Waals surface area contributed by atoms with Crippen molar-refractivity contribution < 1.29 is 0 Å². The maximum Gasteiger partial charge on any atom is 0.0532 e. The van der Waals surface area contributed by atoms with Crippen molar-refractivity contribution in [2.45, 2.75) is 38.8 Å². The van der Waals surface area contributed by atoms with Gasteiger partial charge in [0.15, 0.2) is 0 Å². The highest BCUT2D eigenvalue weighted by atomic mass is 15.3. The molecule has 3 nitrogen and oxygen atoms in total. The first-order valence-electron chi connectivity index (χ1n) is 4.74. The van der Waals surface area contributed by atoms with E-state index >= 15 is 0 Å². The van der Waals surface area contributed by atoms with Crippen molar-refractivity contribution in [1.29, 1.82) is 0 Å². The fourth-order valence-corrected chi connectivity index (χ4v) is 1.55. The molecule has 0 radical (unpaired) electrons. The smallest absolute Gasteiger partial charge is 0.0532 e. The molecule has 3 unspecified atom stereocenters. The molecule has 1 heterocycles. The predicted molar refractivity (Wildman–Crippen MR) is 52.3 cm³/mol. The standard InChI is InChI=1S/C9H19N3/c1-4-8-6-11-12-9(8)5-7(2)10-3/h6-10,12H,4-5H2,1-3H3. The van der Waals surface area contributed by atoms with Gasteiger partial charge < -0.3 is 10.7 Å². The molecule has 0 saturated heterocycles. The molecule has 0 bridgehead atoms. The fourth-order valence-electron chi connectivity index (χ4n) is 1.55. The number of hydrogen-bond donors (Lipinski definition) is 2. The van der Waals surface area contributed by atoms with Crippen molar-refractivity contribution in [3.63, 3.8) is 0 Å². The normalized spacial score (nSPS) is 30.2. The van der Waals surface area contributed by atoms with Gasteiger partial charge in [-0.1, -0.05) is 6.92 Å². The Morgan fingerprint density at radius 2 is 2.42 bits per heavy atom. The van der Waals surface area contributed by atoms with E-state index in [1.807, 2.05) is 13.3 Å². The monoisotopic (exact) mass is 169 g/mol. The number of nitrogens with one attached hydrogen (secondary N) is 2. The van der Waals surface area contributed by atoms with Crippen LogP contribution < -0.4 is 10.7 Å². The van der Waals surface area contributed by atoms with E-state index in [1.165, 1.54) is 6.42 Å². The Morgan fingerprint density at radius 3 is 3.00 bits per heavy atom. The summed E-state index contributed by atoms with van der Waals surface area (Å²) in [7, 11) is 2.00. The number of hydrogen-bond acceptors (Lipinski definition) is 3. The molecule has 0 amide bonds. The second-order valence-corrected chi connectivity index (χ2v) is 3.51. The molecule has 0 saturated carbocycles. The summed E-state index contributed by atoms with van der Waals surface area (Å²) in [5.74, 6) is 0.626. The Hall–Kier alpha value is -0.570. The second kappa shape index (κ2) is 4.45. The van der Waals surface area contributed by atoms with Crippen molar-refractivity contribution >= 4 is 6.21 Å². The highest BCUT2D eigenvalue weighted by Gasteiger charge is 2.23. The molecule has 3 atom stereocenters. The lowest BCUT2D eigenvalue weighted by Gasteiger charge is -2.20. The zero-order chi connectivity index (χ0) is 8.97. The third-order valence-corrected chi connectivity index (χ3v) is 2.59. The molecule has 1 aliphatic heterocycles. The van der Waals surface area contributed by atoms with Gasteiger partial charge in [-0.25, -0.2) is 0 Å². The molecule has 0 spiro atoms. The van der Waals surface area contributed by atoms with Crippen LogP contribution in [0.15, 0.2) is 5.10 Å². The van der Waals surface area contributed by atoms with E-state index in [-0.39, 0.29) is 0 Å². The van der Waals surface area contributed by atoms with Gasteiger partial charge in [0, 0.05) is 18.2 Å². The summed E-state index contributed by atoms with van der Waals surface area (Å²) in [5, 5.41) is 7.34. The Balaban J connectivity index is 2.33. The van der Waals surface area contributed by atoms with Crippen LogP contribution in [-0.4, -0.2) is 25.3 Å². The molecule has 3 heteroatoms. The molecule has 1 aliphatic rings. The Bertz CT molecular complexity index is 156. The molecule has 0 aromatic rings. The molecule has 0 aliphatic carbocycles. The van der Waals surface area contributed by atoms with E-state index in [0.717, 1.165) is 6.42 Å². The summed E-state index contributed by atoms with van der Waals surface area (Å²) >= 11 is 0. The first-order chi connectivity index (χ1) is 5.77. The minimum Gasteiger partial charge on any atom is -0.317 e. The maximum absolute atomic E-state index is 4.10. The van der Waals surface area contributed by atoms with Gasteiger partial charge in [0.25, 0.3) is 0 Å². The summed E-state index contributed by atoms with van der Waals surface area (Å²) in [6.45, 7) is 4.41. The van der Waals surface area contributed by atoms with Crippen LogP contribution in [0, 0.1) is 5.92 Å². The first-order valence-corrected chi connectivity index (χ1v) is 4.74. The highest BCUT2D eigenvalue weighted by molar-refractivity contribution is 5.63. The average molecular weight is 169 g/mol. The molecule has 12 heavy (non-hydrogen) atoms. The topological polar surface area (TPSA) is 36.4 Å². The van der Waals surface area contributed by atoms with E-state index in [0.29, 0.717) is 18.0 Å². The predicted octanol–water partition coefficient (Wildman–Crippen LogP) is 0.968. The lowest BCUT2D eigenvalue weighted by atomic mass is 9.94. The molecule has 0 aromatic heterocycles. The van der Waals surface area contributed by atoms with Crippen molar-refractivity contribution in [2.75, 3.05) is 7.05 Å². The maximum atomic E-state index is 4.10. The van der Waals surface area contributed by atoms with Crippen LogP contribution in [0.25, 0.3) is 0 Å². The number of rotatable bonds is 4. The molecule has 0 fully saturated rings. The van der Waals surface area contributed by atoms with Crippen molar-refractivity contribution in [2.24, 2.45) is 11.0 Å². The third-order valence-electron chi connectivity index (χ3n) is 2.59. The van der Waals surface area contributed by atoms with Gasteiger partial charge in [-0.3, -0.25) is 0 Å². The fraction of sp³-hybridized carbons (Fsp3) is 0.889. The van der Waals surface area contributed by atoms with E-state index in [9.17, 15) is 0 Å². The van der Waals surface area contributed by atoms with E-state index < -0.39 is 0 Å². The Morgan fingerprint density at radius 1 is 1.67 bits per heavy atom. The van der Waals surface area contributed by atoms with E-state index in [1.54, 1.807) is 0 Å². The second-order valence-electron chi connectivity index (χ2n) is 3.51. The Labute approximate surface area is 74.6 Å². The largest absolute Gasteiger partial charge is 0.317 e. The zero-order valence-electron chi connectivity index (χ0n) is 8.17. The lowest BCUT2D eigenvalue weighted by molar-refractivity contribution is 0.392. The minimum atomic E-state index is 0.539. The molecular formula is C9H19N3. The van der Waals surface area contributed by atoms with Crippen molar-refractivity contribution in [3.8, 4) is 0 Å². The van der Waals surface area contributed by atoms with Crippen LogP contribution in [0.2, 0.25) is 0 Å². The zero-order valence-corrected chi connectivity index (χ0v) is 8.17. The third kappa shape index (κ3) is 2.21. The Kier molecular flexibility index (Phi) is 3.53. The van der Waals surface area contributed by atoms with Crippen LogP contribution >= 0.6 is 0 Å². The lowest BCUT2D eigenvalue weighted by Crippen LogP contribution is -2.35. The minimum absolute atomic E-state index is 0.539. The van der Waals surface area contributed by atoms with Crippen molar-refractivity contribution in [3.05, 3.63) is 0 Å². The number of nitrogens with zero attached hydrogens (tertiary/aromatic N) is 1. The highest BCUT2D eigenvalue weighted by Crippen LogP contribution is 2.15. The van der Waals surface area contributed by atoms with Crippen LogP contribution in [0.4, 0.5) is 0 Å². The van der Waals surface area contributed by atoms with Gasteiger partial charge in [0.05, 0.1) is 6.04 Å². The van der Waals surface area contributed by atoms with E-state index in [4.69, 9.17) is 0 Å². The van der Waals surface area contributed by atoms with Gasteiger partial charge in [-0.05, 0) is 26.8 Å². The van der Waals surface area contributed by atoms with Gasteiger partial charge in [0.2, 0.25) is 0 Å². The first kappa shape index (κ1) is 9.52. The summed E-state index contributed by atoms with van der Waals surface area (Å²) in [4.78, 5) is 0. The van der Waals surface area contributed by atoms with Gasteiger partial charge in [-0.15, -0.1) is 0 Å². The van der Waals surface area contributed by atoms with Crippen molar-refractivity contribution in [1.82, 2.24) is 10.7 Å². The molecular weight excluding hydrogens is 150 g/mol. The van der Waals surface area contributed by atoms with Crippen LogP contribution in [-0.2, 0) is 0 Å².